The fraction of sp³-hybridized carbons (Fsp3) is 0.500. The van der Waals surface area contributed by atoms with Gasteiger partial charge in [0.15, 0.2) is 5.69 Å². The van der Waals surface area contributed by atoms with E-state index in [2.05, 4.69) is 10.2 Å². The van der Waals surface area contributed by atoms with Crippen molar-refractivity contribution in [2.75, 3.05) is 6.54 Å². The van der Waals surface area contributed by atoms with Crippen molar-refractivity contribution in [3.8, 4) is 0 Å². The van der Waals surface area contributed by atoms with Crippen LogP contribution in [0.2, 0.25) is 0 Å². The van der Waals surface area contributed by atoms with Gasteiger partial charge in [-0.2, -0.15) is 5.10 Å². The Labute approximate surface area is 134 Å². The average Bonchev–Trinajstić information content (AvgIpc) is 2.61. The number of aromatic nitrogens is 2. The van der Waals surface area contributed by atoms with Gasteiger partial charge in [0.25, 0.3) is 11.5 Å². The molecule has 1 aliphatic carbocycles. The number of likely N-dealkylation sites (tertiary alicyclic amines) is 1. The summed E-state index contributed by atoms with van der Waals surface area (Å²) >= 11 is 0. The predicted octanol–water partition coefficient (Wildman–Crippen LogP) is 2.72. The molecule has 2 atom stereocenters. The summed E-state index contributed by atoms with van der Waals surface area (Å²) in [5.41, 5.74) is 0.137. The Hall–Kier alpha value is -2.17. The molecule has 4 rings (SSSR count). The maximum absolute atomic E-state index is 13.1. The van der Waals surface area contributed by atoms with E-state index in [1.165, 1.54) is 25.7 Å². The zero-order chi connectivity index (χ0) is 15.8. The molecule has 1 saturated carbocycles. The number of hydrogen-bond acceptors (Lipinski definition) is 3. The van der Waals surface area contributed by atoms with Gasteiger partial charge < -0.3 is 4.90 Å². The summed E-state index contributed by atoms with van der Waals surface area (Å²) in [4.78, 5) is 27.1. The van der Waals surface area contributed by atoms with Crippen LogP contribution < -0.4 is 5.56 Å². The molecular formula is C18H21N3O2. The summed E-state index contributed by atoms with van der Waals surface area (Å²) in [6, 6.07) is 7.56. The monoisotopic (exact) mass is 311 g/mol. The van der Waals surface area contributed by atoms with Crippen molar-refractivity contribution in [1.82, 2.24) is 15.1 Å². The quantitative estimate of drug-likeness (QED) is 0.880. The third kappa shape index (κ3) is 2.44. The summed E-state index contributed by atoms with van der Waals surface area (Å²) in [5.74, 6) is 0.601. The molecule has 2 fully saturated rings. The van der Waals surface area contributed by atoms with Crippen LogP contribution in [0.15, 0.2) is 29.1 Å². The molecule has 5 nitrogen and oxygen atoms in total. The number of carbonyl (C=O) groups is 1. The molecule has 2 aliphatic rings. The van der Waals surface area contributed by atoms with E-state index in [1.54, 1.807) is 6.07 Å². The highest BCUT2D eigenvalue weighted by molar-refractivity contribution is 6.04. The van der Waals surface area contributed by atoms with Crippen LogP contribution in [-0.2, 0) is 0 Å². The number of piperidine rings is 1. The molecule has 1 aromatic carbocycles. The lowest BCUT2D eigenvalue weighted by atomic mass is 9.78. The van der Waals surface area contributed by atoms with Crippen LogP contribution in [0, 0.1) is 5.92 Å². The minimum absolute atomic E-state index is 0.0333. The van der Waals surface area contributed by atoms with E-state index in [-0.39, 0.29) is 11.5 Å². The Morgan fingerprint density at radius 3 is 2.70 bits per heavy atom. The summed E-state index contributed by atoms with van der Waals surface area (Å²) in [6.07, 6.45) is 7.10. The second-order valence-corrected chi connectivity index (χ2v) is 6.70. The van der Waals surface area contributed by atoms with E-state index >= 15 is 0 Å². The maximum Gasteiger partial charge on any atom is 0.275 e. The van der Waals surface area contributed by atoms with Crippen LogP contribution in [0.3, 0.4) is 0 Å². The van der Waals surface area contributed by atoms with Crippen molar-refractivity contribution in [2.45, 2.75) is 44.6 Å². The molecule has 1 amide bonds. The molecule has 2 heterocycles. The van der Waals surface area contributed by atoms with E-state index < -0.39 is 0 Å². The number of nitrogens with zero attached hydrogens (tertiary/aromatic N) is 2. The summed E-state index contributed by atoms with van der Waals surface area (Å²) in [6.45, 7) is 0.801. The van der Waals surface area contributed by atoms with Crippen molar-refractivity contribution in [1.29, 1.82) is 0 Å². The molecule has 0 spiro atoms. The second-order valence-electron chi connectivity index (χ2n) is 6.70. The Morgan fingerprint density at radius 2 is 1.83 bits per heavy atom. The van der Waals surface area contributed by atoms with Gasteiger partial charge in [0, 0.05) is 18.0 Å². The highest BCUT2D eigenvalue weighted by Gasteiger charge is 2.36. The first kappa shape index (κ1) is 14.4. The van der Waals surface area contributed by atoms with Crippen LogP contribution in [0.4, 0.5) is 0 Å². The molecule has 1 N–H and O–H groups in total. The molecule has 1 aliphatic heterocycles. The molecule has 1 saturated heterocycles. The van der Waals surface area contributed by atoms with Crippen molar-refractivity contribution in [2.24, 2.45) is 5.92 Å². The van der Waals surface area contributed by atoms with Crippen molar-refractivity contribution < 1.29 is 4.79 Å². The number of nitrogens with one attached hydrogen (secondary N) is 1. The predicted molar refractivity (Wildman–Crippen MR) is 88.4 cm³/mol. The third-order valence-electron chi connectivity index (χ3n) is 5.40. The summed E-state index contributed by atoms with van der Waals surface area (Å²) in [7, 11) is 0. The lowest BCUT2D eigenvalue weighted by Crippen LogP contribution is -2.50. The van der Waals surface area contributed by atoms with Gasteiger partial charge in [-0.25, -0.2) is 5.10 Å². The number of hydrogen-bond donors (Lipinski definition) is 1. The van der Waals surface area contributed by atoms with Gasteiger partial charge in [0.2, 0.25) is 0 Å². The lowest BCUT2D eigenvalue weighted by Gasteiger charge is -2.44. The molecule has 5 heteroatoms. The van der Waals surface area contributed by atoms with Gasteiger partial charge in [-0.05, 0) is 37.7 Å². The Kier molecular flexibility index (Phi) is 3.63. The zero-order valence-electron chi connectivity index (χ0n) is 13.1. The minimum Gasteiger partial charge on any atom is -0.334 e. The van der Waals surface area contributed by atoms with Crippen LogP contribution in [-0.4, -0.2) is 33.6 Å². The highest BCUT2D eigenvalue weighted by Crippen LogP contribution is 2.36. The molecule has 120 valence electrons. The number of aromatic amines is 1. The molecule has 23 heavy (non-hydrogen) atoms. The van der Waals surface area contributed by atoms with Gasteiger partial charge in [0.05, 0.1) is 5.39 Å². The molecule has 2 aromatic rings. The van der Waals surface area contributed by atoms with Crippen LogP contribution >= 0.6 is 0 Å². The third-order valence-corrected chi connectivity index (χ3v) is 5.40. The number of rotatable bonds is 1. The van der Waals surface area contributed by atoms with Crippen LogP contribution in [0.5, 0.6) is 0 Å². The fourth-order valence-corrected chi connectivity index (χ4v) is 4.29. The smallest absolute Gasteiger partial charge is 0.275 e. The number of amides is 1. The Balaban J connectivity index is 1.74. The van der Waals surface area contributed by atoms with E-state index in [4.69, 9.17) is 0 Å². The van der Waals surface area contributed by atoms with Crippen molar-refractivity contribution >= 4 is 16.7 Å². The Morgan fingerprint density at radius 1 is 1.09 bits per heavy atom. The molecule has 0 bridgehead atoms. The zero-order valence-corrected chi connectivity index (χ0v) is 13.1. The van der Waals surface area contributed by atoms with Gasteiger partial charge in [-0.3, -0.25) is 9.59 Å². The normalized spacial score (nSPS) is 24.4. The fourth-order valence-electron chi connectivity index (χ4n) is 4.29. The first-order chi connectivity index (χ1) is 11.3. The standard InChI is InChI=1S/C18H21N3O2/c22-17-14-9-3-2-8-13(14)16(19-20-17)18(23)21-11-5-7-12-6-1-4-10-15(12)21/h2-3,8-9,12,15H,1,4-7,10-11H2,(H,20,22). The second kappa shape index (κ2) is 5.80. The van der Waals surface area contributed by atoms with Crippen LogP contribution in [0.1, 0.15) is 49.0 Å². The summed E-state index contributed by atoms with van der Waals surface area (Å²) < 4.78 is 0. The largest absolute Gasteiger partial charge is 0.334 e. The maximum atomic E-state index is 13.1. The van der Waals surface area contributed by atoms with Crippen molar-refractivity contribution in [3.05, 3.63) is 40.3 Å². The SMILES string of the molecule is O=C(c1n[nH]c(=O)c2ccccc12)N1CCCC2CCCCC21. The summed E-state index contributed by atoms with van der Waals surface area (Å²) in [5, 5.41) is 7.75. The lowest BCUT2D eigenvalue weighted by molar-refractivity contribution is 0.0386. The molecule has 2 unspecified atom stereocenters. The van der Waals surface area contributed by atoms with Gasteiger partial charge in [-0.15, -0.1) is 0 Å². The van der Waals surface area contributed by atoms with Gasteiger partial charge in [0.1, 0.15) is 0 Å². The van der Waals surface area contributed by atoms with E-state index in [9.17, 15) is 9.59 Å². The highest BCUT2D eigenvalue weighted by atomic mass is 16.2. The topological polar surface area (TPSA) is 66.1 Å². The molecular weight excluding hydrogens is 290 g/mol. The van der Waals surface area contributed by atoms with Gasteiger partial charge in [-0.1, -0.05) is 31.0 Å². The van der Waals surface area contributed by atoms with Crippen molar-refractivity contribution in [3.63, 3.8) is 0 Å². The van der Waals surface area contributed by atoms with Gasteiger partial charge >= 0.3 is 0 Å². The minimum atomic E-state index is -0.244. The molecule has 1 aromatic heterocycles. The van der Waals surface area contributed by atoms with E-state index in [1.807, 2.05) is 23.1 Å². The van der Waals surface area contributed by atoms with E-state index in [0.717, 1.165) is 19.4 Å². The Bertz CT molecular complexity index is 796. The number of fused-ring (bicyclic) bond motifs is 2. The first-order valence-electron chi connectivity index (χ1n) is 8.54. The average molecular weight is 311 g/mol. The first-order valence-corrected chi connectivity index (χ1v) is 8.54. The molecule has 0 radical (unpaired) electrons. The number of carbonyl (C=O) groups excluding carboxylic acids is 1. The number of H-pyrrole nitrogens is 1. The van der Waals surface area contributed by atoms with Crippen LogP contribution in [0.25, 0.3) is 10.8 Å². The van der Waals surface area contributed by atoms with E-state index in [0.29, 0.717) is 28.4 Å². The number of benzene rings is 1.